The number of nitrogens with zero attached hydrogens (tertiary/aromatic N) is 2. The SMILES string of the molecule is Cc1ccc(C)c(-c2cc(-c3ccc(Cl)cc3)nn2NS(=O)(=O)c2ccccc2)c1. The minimum atomic E-state index is -3.81. The van der Waals surface area contributed by atoms with Gasteiger partial charge in [0, 0.05) is 16.1 Å². The van der Waals surface area contributed by atoms with E-state index in [1.54, 1.807) is 42.5 Å². The molecule has 0 unspecified atom stereocenters. The van der Waals surface area contributed by atoms with E-state index in [1.807, 2.05) is 50.2 Å². The molecule has 152 valence electrons. The van der Waals surface area contributed by atoms with Crippen molar-refractivity contribution >= 4 is 21.6 Å². The van der Waals surface area contributed by atoms with Gasteiger partial charge in [-0.2, -0.15) is 23.1 Å². The number of rotatable bonds is 5. The molecule has 0 radical (unpaired) electrons. The molecule has 0 atom stereocenters. The first-order valence-corrected chi connectivity index (χ1v) is 11.2. The Hall–Kier alpha value is -3.09. The summed E-state index contributed by atoms with van der Waals surface area (Å²) in [6.07, 6.45) is 0. The Kier molecular flexibility index (Phi) is 5.37. The summed E-state index contributed by atoms with van der Waals surface area (Å²) < 4.78 is 25.9. The zero-order valence-corrected chi connectivity index (χ0v) is 18.1. The molecule has 0 amide bonds. The van der Waals surface area contributed by atoms with Crippen LogP contribution in [0.4, 0.5) is 0 Å². The first kappa shape index (κ1) is 20.2. The molecule has 7 heteroatoms. The van der Waals surface area contributed by atoms with Crippen LogP contribution in [0, 0.1) is 13.8 Å². The summed E-state index contributed by atoms with van der Waals surface area (Å²) in [6.45, 7) is 3.98. The smallest absolute Gasteiger partial charge is 0.200 e. The van der Waals surface area contributed by atoms with Crippen molar-refractivity contribution in [1.29, 1.82) is 0 Å². The van der Waals surface area contributed by atoms with Crippen LogP contribution in [0.5, 0.6) is 0 Å². The number of sulfonamides is 1. The minimum Gasteiger partial charge on any atom is -0.200 e. The molecule has 0 aliphatic rings. The van der Waals surface area contributed by atoms with Crippen LogP contribution >= 0.6 is 11.6 Å². The number of benzene rings is 3. The van der Waals surface area contributed by atoms with Crippen LogP contribution in [0.3, 0.4) is 0 Å². The van der Waals surface area contributed by atoms with Gasteiger partial charge in [-0.25, -0.2) is 0 Å². The van der Waals surface area contributed by atoms with E-state index >= 15 is 0 Å². The molecule has 0 bridgehead atoms. The van der Waals surface area contributed by atoms with Gasteiger partial charge >= 0.3 is 0 Å². The van der Waals surface area contributed by atoms with Crippen LogP contribution in [0.15, 0.2) is 83.8 Å². The second-order valence-corrected chi connectivity index (χ2v) is 9.16. The molecule has 1 N–H and O–H groups in total. The van der Waals surface area contributed by atoms with Crippen LogP contribution in [0.25, 0.3) is 22.5 Å². The highest BCUT2D eigenvalue weighted by molar-refractivity contribution is 7.92. The van der Waals surface area contributed by atoms with Crippen LogP contribution in [-0.2, 0) is 10.0 Å². The highest BCUT2D eigenvalue weighted by Crippen LogP contribution is 2.29. The van der Waals surface area contributed by atoms with Gasteiger partial charge < -0.3 is 0 Å². The molecule has 30 heavy (non-hydrogen) atoms. The first-order chi connectivity index (χ1) is 14.3. The molecule has 0 aliphatic heterocycles. The number of aromatic nitrogens is 2. The third kappa shape index (κ3) is 4.10. The quantitative estimate of drug-likeness (QED) is 0.453. The molecule has 0 spiro atoms. The summed E-state index contributed by atoms with van der Waals surface area (Å²) in [5.74, 6) is 0. The predicted octanol–water partition coefficient (Wildman–Crippen LogP) is 5.42. The van der Waals surface area contributed by atoms with Crippen LogP contribution in [-0.4, -0.2) is 18.3 Å². The van der Waals surface area contributed by atoms with E-state index in [-0.39, 0.29) is 4.90 Å². The van der Waals surface area contributed by atoms with Crippen molar-refractivity contribution in [3.05, 3.63) is 95.0 Å². The van der Waals surface area contributed by atoms with Crippen molar-refractivity contribution in [2.24, 2.45) is 0 Å². The Morgan fingerprint density at radius 2 is 1.60 bits per heavy atom. The summed E-state index contributed by atoms with van der Waals surface area (Å²) >= 11 is 6.01. The molecule has 3 aromatic carbocycles. The fourth-order valence-corrected chi connectivity index (χ4v) is 4.30. The maximum Gasteiger partial charge on any atom is 0.276 e. The summed E-state index contributed by atoms with van der Waals surface area (Å²) in [7, 11) is -3.81. The average molecular weight is 438 g/mol. The molecule has 0 fully saturated rings. The Labute approximate surface area is 181 Å². The van der Waals surface area contributed by atoms with Crippen molar-refractivity contribution < 1.29 is 8.42 Å². The van der Waals surface area contributed by atoms with Crippen LogP contribution in [0.2, 0.25) is 5.02 Å². The Balaban J connectivity index is 1.85. The Morgan fingerprint density at radius 1 is 0.900 bits per heavy atom. The second-order valence-electron chi connectivity index (χ2n) is 7.06. The fourth-order valence-electron chi connectivity index (χ4n) is 3.18. The highest BCUT2D eigenvalue weighted by atomic mass is 35.5. The lowest BCUT2D eigenvalue weighted by atomic mass is 10.0. The van der Waals surface area contributed by atoms with Gasteiger partial charge in [0.15, 0.2) is 0 Å². The first-order valence-electron chi connectivity index (χ1n) is 9.35. The molecule has 0 saturated carbocycles. The fraction of sp³-hybridized carbons (Fsp3) is 0.0870. The Bertz CT molecular complexity index is 1300. The lowest BCUT2D eigenvalue weighted by Gasteiger charge is -2.13. The molecule has 5 nitrogen and oxygen atoms in total. The third-order valence-corrected chi connectivity index (χ3v) is 6.34. The van der Waals surface area contributed by atoms with Gasteiger partial charge in [-0.05, 0) is 55.8 Å². The van der Waals surface area contributed by atoms with Crippen molar-refractivity contribution in [1.82, 2.24) is 9.89 Å². The summed E-state index contributed by atoms with van der Waals surface area (Å²) in [4.78, 5) is 4.10. The van der Waals surface area contributed by atoms with Crippen LogP contribution < -0.4 is 4.83 Å². The van der Waals surface area contributed by atoms with Gasteiger partial charge in [-0.15, -0.1) is 0 Å². The predicted molar refractivity (Wildman–Crippen MR) is 121 cm³/mol. The average Bonchev–Trinajstić information content (AvgIpc) is 3.14. The molecule has 0 aliphatic carbocycles. The van der Waals surface area contributed by atoms with E-state index < -0.39 is 10.0 Å². The number of nitrogens with one attached hydrogen (secondary N) is 1. The monoisotopic (exact) mass is 437 g/mol. The Morgan fingerprint density at radius 3 is 2.30 bits per heavy atom. The summed E-state index contributed by atoms with van der Waals surface area (Å²) in [5.41, 5.74) is 5.12. The molecular formula is C23H20ClN3O2S. The van der Waals surface area contributed by atoms with Crippen LogP contribution in [0.1, 0.15) is 11.1 Å². The summed E-state index contributed by atoms with van der Waals surface area (Å²) in [6, 6.07) is 23.4. The van der Waals surface area contributed by atoms with Gasteiger partial charge in [0.1, 0.15) is 0 Å². The number of aryl methyl sites for hydroxylation is 2. The normalized spacial score (nSPS) is 11.4. The molecule has 4 rings (SSSR count). The lowest BCUT2D eigenvalue weighted by molar-refractivity contribution is 0.592. The topological polar surface area (TPSA) is 64.0 Å². The minimum absolute atomic E-state index is 0.167. The molecule has 0 saturated heterocycles. The van der Waals surface area contributed by atoms with E-state index in [1.165, 1.54) is 4.79 Å². The van der Waals surface area contributed by atoms with Crippen molar-refractivity contribution in [3.63, 3.8) is 0 Å². The van der Waals surface area contributed by atoms with E-state index in [9.17, 15) is 8.42 Å². The third-order valence-electron chi connectivity index (χ3n) is 4.78. The molecule has 1 aromatic heterocycles. The largest absolute Gasteiger partial charge is 0.276 e. The zero-order valence-electron chi connectivity index (χ0n) is 16.5. The number of halogens is 1. The van der Waals surface area contributed by atoms with E-state index in [4.69, 9.17) is 11.6 Å². The van der Waals surface area contributed by atoms with Gasteiger partial charge in [-0.1, -0.05) is 59.6 Å². The molecular weight excluding hydrogens is 418 g/mol. The van der Waals surface area contributed by atoms with Crippen molar-refractivity contribution in [2.75, 3.05) is 4.83 Å². The zero-order chi connectivity index (χ0) is 21.3. The number of hydrogen-bond acceptors (Lipinski definition) is 3. The van der Waals surface area contributed by atoms with Gasteiger partial charge in [0.05, 0.1) is 16.3 Å². The van der Waals surface area contributed by atoms with E-state index in [0.29, 0.717) is 16.4 Å². The maximum absolute atomic E-state index is 12.9. The number of hydrogen-bond donors (Lipinski definition) is 1. The second kappa shape index (κ2) is 7.97. The summed E-state index contributed by atoms with van der Waals surface area (Å²) in [5, 5.41) is 5.17. The lowest BCUT2D eigenvalue weighted by Crippen LogP contribution is -2.25. The molecule has 1 heterocycles. The molecule has 4 aromatic rings. The van der Waals surface area contributed by atoms with Gasteiger partial charge in [0.25, 0.3) is 10.0 Å². The van der Waals surface area contributed by atoms with Crippen molar-refractivity contribution in [3.8, 4) is 22.5 Å². The van der Waals surface area contributed by atoms with E-state index in [0.717, 1.165) is 22.3 Å². The van der Waals surface area contributed by atoms with E-state index in [2.05, 4.69) is 9.93 Å². The van der Waals surface area contributed by atoms with Gasteiger partial charge in [0.2, 0.25) is 0 Å². The van der Waals surface area contributed by atoms with Gasteiger partial charge in [-0.3, -0.25) is 0 Å². The van der Waals surface area contributed by atoms with Crippen molar-refractivity contribution in [2.45, 2.75) is 18.7 Å². The standard InChI is InChI=1S/C23H20ClN3O2S/c1-16-8-9-17(2)21(14-16)23-15-22(18-10-12-19(24)13-11-18)25-27(23)26-30(28,29)20-6-4-3-5-7-20/h3-15,26H,1-2H3. The maximum atomic E-state index is 12.9. The highest BCUT2D eigenvalue weighted by Gasteiger charge is 2.19.